The highest BCUT2D eigenvalue weighted by Crippen LogP contribution is 2.29. The fraction of sp³-hybridized carbons (Fsp3) is 0.136. The highest BCUT2D eigenvalue weighted by molar-refractivity contribution is 6.31. The van der Waals surface area contributed by atoms with E-state index < -0.39 is 0 Å². The number of nitrogens with zero attached hydrogens (tertiary/aromatic N) is 1. The van der Waals surface area contributed by atoms with Crippen LogP contribution in [-0.4, -0.2) is 17.6 Å². The van der Waals surface area contributed by atoms with Crippen molar-refractivity contribution in [3.8, 4) is 5.75 Å². The van der Waals surface area contributed by atoms with Crippen LogP contribution in [0.4, 0.5) is 5.69 Å². The summed E-state index contributed by atoms with van der Waals surface area (Å²) in [5.74, 6) is 0.275. The number of rotatable bonds is 5. The maximum absolute atomic E-state index is 13.1. The lowest BCUT2D eigenvalue weighted by Crippen LogP contribution is -2.18. The fourth-order valence-electron chi connectivity index (χ4n) is 3.18. The Morgan fingerprint density at radius 3 is 2.68 bits per heavy atom. The average Bonchev–Trinajstić information content (AvgIpc) is 3.26. The first-order chi connectivity index (χ1) is 13.5. The van der Waals surface area contributed by atoms with Crippen LogP contribution in [0.1, 0.15) is 21.6 Å². The van der Waals surface area contributed by atoms with Crippen molar-refractivity contribution in [2.24, 2.45) is 0 Å². The summed E-state index contributed by atoms with van der Waals surface area (Å²) in [6.07, 6.45) is 1.62. The zero-order valence-electron chi connectivity index (χ0n) is 15.5. The number of ether oxygens (including phenoxy) is 1. The molecule has 2 aromatic carbocycles. The molecule has 1 amide bonds. The number of anilines is 1. The first-order valence-corrected chi connectivity index (χ1v) is 9.20. The third kappa shape index (κ3) is 3.49. The Balaban J connectivity index is 1.70. The van der Waals surface area contributed by atoms with Crippen LogP contribution in [0, 0.1) is 6.92 Å². The van der Waals surface area contributed by atoms with Crippen molar-refractivity contribution < 1.29 is 13.9 Å². The molecule has 0 aliphatic carbocycles. The largest absolute Gasteiger partial charge is 0.495 e. The second-order valence-corrected chi connectivity index (χ2v) is 7.01. The van der Waals surface area contributed by atoms with E-state index >= 15 is 0 Å². The van der Waals surface area contributed by atoms with Crippen LogP contribution in [0.3, 0.4) is 0 Å². The predicted molar refractivity (Wildman–Crippen MR) is 110 cm³/mol. The van der Waals surface area contributed by atoms with Gasteiger partial charge in [-0.1, -0.05) is 41.4 Å². The zero-order chi connectivity index (χ0) is 19.7. The molecule has 0 unspecified atom stereocenters. The van der Waals surface area contributed by atoms with Gasteiger partial charge >= 0.3 is 0 Å². The average molecular weight is 395 g/mol. The van der Waals surface area contributed by atoms with Gasteiger partial charge in [-0.05, 0) is 30.7 Å². The minimum atomic E-state index is -0.265. The van der Waals surface area contributed by atoms with Crippen LogP contribution in [0.15, 0.2) is 65.3 Å². The molecule has 1 N–H and O–H groups in total. The van der Waals surface area contributed by atoms with Gasteiger partial charge in [0.2, 0.25) is 0 Å². The van der Waals surface area contributed by atoms with Gasteiger partial charge < -0.3 is 19.0 Å². The first kappa shape index (κ1) is 18.2. The Morgan fingerprint density at radius 2 is 1.93 bits per heavy atom. The lowest BCUT2D eigenvalue weighted by atomic mass is 10.1. The van der Waals surface area contributed by atoms with Crippen LogP contribution >= 0.6 is 11.6 Å². The fourth-order valence-corrected chi connectivity index (χ4v) is 3.35. The molecule has 0 aliphatic rings. The zero-order valence-corrected chi connectivity index (χ0v) is 16.3. The molecule has 28 heavy (non-hydrogen) atoms. The third-order valence-electron chi connectivity index (χ3n) is 4.63. The molecule has 0 radical (unpaired) electrons. The molecule has 4 aromatic rings. The number of aryl methyl sites for hydroxylation is 1. The van der Waals surface area contributed by atoms with Gasteiger partial charge in [0.05, 0.1) is 24.6 Å². The summed E-state index contributed by atoms with van der Waals surface area (Å²) in [5.41, 5.74) is 4.82. The smallest absolute Gasteiger partial charge is 0.272 e. The SMILES string of the molecule is COc1ccc(Cl)cc1NC(=O)c1cc2occc2n1Cc1ccc(C)cc1. The number of nitrogens with one attached hydrogen (secondary N) is 1. The topological polar surface area (TPSA) is 56.4 Å². The van der Waals surface area contributed by atoms with E-state index in [2.05, 4.69) is 29.6 Å². The van der Waals surface area contributed by atoms with Gasteiger partial charge in [0, 0.05) is 23.7 Å². The van der Waals surface area contributed by atoms with Crippen LogP contribution in [0.2, 0.25) is 5.02 Å². The van der Waals surface area contributed by atoms with Crippen LogP contribution in [-0.2, 0) is 6.54 Å². The van der Waals surface area contributed by atoms with E-state index in [1.54, 1.807) is 37.6 Å². The summed E-state index contributed by atoms with van der Waals surface area (Å²) < 4.78 is 12.8. The Bertz CT molecular complexity index is 1140. The second kappa shape index (κ2) is 7.44. The molecular weight excluding hydrogens is 376 g/mol. The molecular formula is C22H19ClN2O3. The van der Waals surface area contributed by atoms with Crippen molar-refractivity contribution in [1.29, 1.82) is 0 Å². The van der Waals surface area contributed by atoms with Crippen molar-refractivity contribution in [1.82, 2.24) is 4.57 Å². The minimum absolute atomic E-state index is 0.265. The number of fused-ring (bicyclic) bond motifs is 1. The number of benzene rings is 2. The number of aromatic nitrogens is 1. The molecule has 0 spiro atoms. The monoisotopic (exact) mass is 394 g/mol. The Kier molecular flexibility index (Phi) is 4.84. The lowest BCUT2D eigenvalue weighted by molar-refractivity contribution is 0.101. The number of amides is 1. The Hall–Kier alpha value is -3.18. The summed E-state index contributed by atoms with van der Waals surface area (Å²) in [4.78, 5) is 13.1. The quantitative estimate of drug-likeness (QED) is 0.486. The number of hydrogen-bond acceptors (Lipinski definition) is 3. The molecule has 0 aliphatic heterocycles. The van der Waals surface area contributed by atoms with Gasteiger partial charge in [0.15, 0.2) is 5.58 Å². The highest BCUT2D eigenvalue weighted by atomic mass is 35.5. The second-order valence-electron chi connectivity index (χ2n) is 6.57. The van der Waals surface area contributed by atoms with Crippen molar-refractivity contribution in [2.45, 2.75) is 13.5 Å². The summed E-state index contributed by atoms with van der Waals surface area (Å²) in [6, 6.07) is 16.9. The van der Waals surface area contributed by atoms with Crippen LogP contribution in [0.25, 0.3) is 11.1 Å². The van der Waals surface area contributed by atoms with Gasteiger partial charge in [-0.25, -0.2) is 0 Å². The molecule has 5 nitrogen and oxygen atoms in total. The molecule has 0 bridgehead atoms. The number of halogens is 1. The van der Waals surface area contributed by atoms with Gasteiger partial charge in [0.25, 0.3) is 5.91 Å². The standard InChI is InChI=1S/C22H19ClN2O3/c1-14-3-5-15(6-4-14)13-25-18-9-10-28-21(18)12-19(25)22(26)24-17-11-16(23)7-8-20(17)27-2/h3-12H,13H2,1-2H3,(H,24,26). The molecule has 4 rings (SSSR count). The Labute approximate surface area is 167 Å². The normalized spacial score (nSPS) is 11.0. The number of methoxy groups -OCH3 is 1. The van der Waals surface area contributed by atoms with Crippen LogP contribution in [0.5, 0.6) is 5.75 Å². The molecule has 2 heterocycles. The van der Waals surface area contributed by atoms with E-state index in [4.69, 9.17) is 20.8 Å². The van der Waals surface area contributed by atoms with E-state index in [-0.39, 0.29) is 5.91 Å². The van der Waals surface area contributed by atoms with Crippen molar-refractivity contribution in [2.75, 3.05) is 12.4 Å². The summed E-state index contributed by atoms with van der Waals surface area (Å²) in [6.45, 7) is 2.60. The van der Waals surface area contributed by atoms with Gasteiger partial charge in [-0.15, -0.1) is 0 Å². The third-order valence-corrected chi connectivity index (χ3v) is 4.86. The molecule has 142 valence electrons. The number of furan rings is 1. The van der Waals surface area contributed by atoms with E-state index in [0.717, 1.165) is 11.1 Å². The van der Waals surface area contributed by atoms with Gasteiger partial charge in [-0.3, -0.25) is 4.79 Å². The Morgan fingerprint density at radius 1 is 1.14 bits per heavy atom. The summed E-state index contributed by atoms with van der Waals surface area (Å²) in [7, 11) is 1.55. The summed E-state index contributed by atoms with van der Waals surface area (Å²) in [5, 5.41) is 3.41. The van der Waals surface area contributed by atoms with Crippen molar-refractivity contribution in [3.05, 3.63) is 82.7 Å². The van der Waals surface area contributed by atoms with E-state index in [1.165, 1.54) is 5.56 Å². The maximum atomic E-state index is 13.1. The predicted octanol–water partition coefficient (Wildman–Crippen LogP) is 5.51. The highest BCUT2D eigenvalue weighted by Gasteiger charge is 2.19. The maximum Gasteiger partial charge on any atom is 0.272 e. The molecule has 6 heteroatoms. The molecule has 0 fully saturated rings. The van der Waals surface area contributed by atoms with E-state index in [0.29, 0.717) is 34.3 Å². The number of carbonyl (C=O) groups is 1. The minimum Gasteiger partial charge on any atom is -0.495 e. The van der Waals surface area contributed by atoms with Crippen LogP contribution < -0.4 is 10.1 Å². The first-order valence-electron chi connectivity index (χ1n) is 8.82. The summed E-state index contributed by atoms with van der Waals surface area (Å²) >= 11 is 6.07. The molecule has 0 atom stereocenters. The molecule has 2 aromatic heterocycles. The number of carbonyl (C=O) groups excluding carboxylic acids is 1. The number of hydrogen-bond donors (Lipinski definition) is 1. The van der Waals surface area contributed by atoms with Gasteiger partial charge in [0.1, 0.15) is 11.4 Å². The lowest BCUT2D eigenvalue weighted by Gasteiger charge is -2.13. The van der Waals surface area contributed by atoms with Crippen molar-refractivity contribution in [3.63, 3.8) is 0 Å². The van der Waals surface area contributed by atoms with E-state index in [9.17, 15) is 4.79 Å². The molecule has 0 saturated carbocycles. The van der Waals surface area contributed by atoms with E-state index in [1.807, 2.05) is 17.6 Å². The van der Waals surface area contributed by atoms with Crippen molar-refractivity contribution >= 4 is 34.3 Å². The van der Waals surface area contributed by atoms with Gasteiger partial charge in [-0.2, -0.15) is 0 Å². The molecule has 0 saturated heterocycles.